The number of anilines is 1. The standard InChI is InChI=1S/C20H28N4O2/c1-21-20(22-13-15-6-9-17(10-7-15)24(2)3)23-14-16-8-11-18(25-4)12-19(16)26-5/h6-12H,13-14H2,1-5H3,(H2,21,22,23). The largest absolute Gasteiger partial charge is 0.497 e. The first kappa shape index (κ1) is 19.4. The van der Waals surface area contributed by atoms with Crippen molar-refractivity contribution in [1.82, 2.24) is 10.6 Å². The van der Waals surface area contributed by atoms with Gasteiger partial charge in [-0.1, -0.05) is 12.1 Å². The summed E-state index contributed by atoms with van der Waals surface area (Å²) < 4.78 is 10.7. The molecule has 0 aliphatic rings. The van der Waals surface area contributed by atoms with E-state index in [4.69, 9.17) is 9.47 Å². The average Bonchev–Trinajstić information content (AvgIpc) is 2.68. The zero-order valence-corrected chi connectivity index (χ0v) is 16.2. The van der Waals surface area contributed by atoms with Gasteiger partial charge in [-0.2, -0.15) is 0 Å². The Labute approximate surface area is 155 Å². The van der Waals surface area contributed by atoms with E-state index in [1.165, 1.54) is 11.3 Å². The Kier molecular flexibility index (Phi) is 7.14. The number of nitrogens with zero attached hydrogens (tertiary/aromatic N) is 2. The van der Waals surface area contributed by atoms with Gasteiger partial charge < -0.3 is 25.0 Å². The summed E-state index contributed by atoms with van der Waals surface area (Å²) >= 11 is 0. The summed E-state index contributed by atoms with van der Waals surface area (Å²) in [6.45, 7) is 1.31. The minimum atomic E-state index is 0.604. The number of hydrogen-bond acceptors (Lipinski definition) is 4. The molecule has 2 aromatic rings. The molecule has 0 amide bonds. The van der Waals surface area contributed by atoms with Gasteiger partial charge >= 0.3 is 0 Å². The molecule has 0 saturated carbocycles. The Morgan fingerprint density at radius 1 is 0.962 bits per heavy atom. The van der Waals surface area contributed by atoms with Crippen molar-refractivity contribution >= 4 is 11.6 Å². The topological polar surface area (TPSA) is 58.1 Å². The molecule has 0 bridgehead atoms. The third-order valence-electron chi connectivity index (χ3n) is 4.08. The summed E-state index contributed by atoms with van der Waals surface area (Å²) in [5.41, 5.74) is 3.41. The lowest BCUT2D eigenvalue weighted by atomic mass is 10.2. The Balaban J connectivity index is 1.92. The van der Waals surface area contributed by atoms with Gasteiger partial charge in [0.15, 0.2) is 5.96 Å². The number of rotatable bonds is 7. The highest BCUT2D eigenvalue weighted by molar-refractivity contribution is 5.79. The van der Waals surface area contributed by atoms with Crippen molar-refractivity contribution in [2.75, 3.05) is 40.3 Å². The van der Waals surface area contributed by atoms with E-state index in [0.29, 0.717) is 13.1 Å². The van der Waals surface area contributed by atoms with Crippen LogP contribution >= 0.6 is 0 Å². The van der Waals surface area contributed by atoms with Crippen molar-refractivity contribution < 1.29 is 9.47 Å². The lowest BCUT2D eigenvalue weighted by Crippen LogP contribution is -2.36. The normalized spacial score (nSPS) is 11.0. The molecule has 0 aliphatic carbocycles. The molecular formula is C20H28N4O2. The van der Waals surface area contributed by atoms with Crippen LogP contribution in [0.4, 0.5) is 5.69 Å². The van der Waals surface area contributed by atoms with Gasteiger partial charge in [0, 0.05) is 51.5 Å². The smallest absolute Gasteiger partial charge is 0.191 e. The number of guanidine groups is 1. The van der Waals surface area contributed by atoms with Gasteiger partial charge in [0.1, 0.15) is 11.5 Å². The van der Waals surface area contributed by atoms with E-state index in [1.807, 2.05) is 32.3 Å². The van der Waals surface area contributed by atoms with Crippen molar-refractivity contribution in [3.63, 3.8) is 0 Å². The molecule has 26 heavy (non-hydrogen) atoms. The van der Waals surface area contributed by atoms with Crippen LogP contribution in [-0.2, 0) is 13.1 Å². The van der Waals surface area contributed by atoms with Gasteiger partial charge in [-0.15, -0.1) is 0 Å². The molecule has 0 radical (unpaired) electrons. The van der Waals surface area contributed by atoms with E-state index in [2.05, 4.69) is 44.8 Å². The maximum absolute atomic E-state index is 5.43. The van der Waals surface area contributed by atoms with Gasteiger partial charge in [-0.3, -0.25) is 4.99 Å². The van der Waals surface area contributed by atoms with Gasteiger partial charge in [-0.25, -0.2) is 0 Å². The third kappa shape index (κ3) is 5.31. The average molecular weight is 356 g/mol. The second-order valence-corrected chi connectivity index (χ2v) is 6.02. The van der Waals surface area contributed by atoms with E-state index in [1.54, 1.807) is 21.3 Å². The summed E-state index contributed by atoms with van der Waals surface area (Å²) in [4.78, 5) is 6.36. The summed E-state index contributed by atoms with van der Waals surface area (Å²) in [6, 6.07) is 14.2. The van der Waals surface area contributed by atoms with E-state index >= 15 is 0 Å². The molecule has 0 unspecified atom stereocenters. The lowest BCUT2D eigenvalue weighted by molar-refractivity contribution is 0.390. The highest BCUT2D eigenvalue weighted by Crippen LogP contribution is 2.24. The Morgan fingerprint density at radius 3 is 2.23 bits per heavy atom. The molecule has 0 aliphatic heterocycles. The summed E-state index contributed by atoms with van der Waals surface area (Å²) in [5, 5.41) is 6.63. The van der Waals surface area contributed by atoms with Crippen LogP contribution in [0.15, 0.2) is 47.5 Å². The Bertz CT molecular complexity index is 727. The summed E-state index contributed by atoms with van der Waals surface area (Å²) in [5.74, 6) is 2.29. The Hall–Kier alpha value is -2.89. The predicted octanol–water partition coefficient (Wildman–Crippen LogP) is 2.64. The minimum Gasteiger partial charge on any atom is -0.497 e. The first-order chi connectivity index (χ1) is 12.6. The highest BCUT2D eigenvalue weighted by atomic mass is 16.5. The maximum Gasteiger partial charge on any atom is 0.191 e. The van der Waals surface area contributed by atoms with Gasteiger partial charge in [0.05, 0.1) is 14.2 Å². The monoisotopic (exact) mass is 356 g/mol. The van der Waals surface area contributed by atoms with E-state index < -0.39 is 0 Å². The van der Waals surface area contributed by atoms with Crippen molar-refractivity contribution in [3.05, 3.63) is 53.6 Å². The number of hydrogen-bond donors (Lipinski definition) is 2. The highest BCUT2D eigenvalue weighted by Gasteiger charge is 2.06. The van der Waals surface area contributed by atoms with Crippen molar-refractivity contribution in [2.45, 2.75) is 13.1 Å². The fourth-order valence-electron chi connectivity index (χ4n) is 2.50. The maximum atomic E-state index is 5.43. The van der Waals surface area contributed by atoms with Crippen LogP contribution in [0.25, 0.3) is 0 Å². The quantitative estimate of drug-likeness (QED) is 0.590. The summed E-state index contributed by atoms with van der Waals surface area (Å²) in [6.07, 6.45) is 0. The molecule has 6 nitrogen and oxygen atoms in total. The van der Waals surface area contributed by atoms with E-state index in [-0.39, 0.29) is 0 Å². The molecule has 0 fully saturated rings. The Morgan fingerprint density at radius 2 is 1.65 bits per heavy atom. The molecule has 0 atom stereocenters. The molecule has 0 heterocycles. The number of aliphatic imine (C=N–C) groups is 1. The van der Waals surface area contributed by atoms with Crippen LogP contribution in [0.3, 0.4) is 0 Å². The molecule has 6 heteroatoms. The van der Waals surface area contributed by atoms with Crippen LogP contribution in [0.1, 0.15) is 11.1 Å². The molecule has 2 aromatic carbocycles. The second-order valence-electron chi connectivity index (χ2n) is 6.02. The molecule has 2 N–H and O–H groups in total. The number of nitrogens with one attached hydrogen (secondary N) is 2. The fourth-order valence-corrected chi connectivity index (χ4v) is 2.50. The van der Waals surface area contributed by atoms with E-state index in [9.17, 15) is 0 Å². The SMILES string of the molecule is CN=C(NCc1ccc(N(C)C)cc1)NCc1ccc(OC)cc1OC. The van der Waals surface area contributed by atoms with Crippen molar-refractivity contribution in [3.8, 4) is 11.5 Å². The number of methoxy groups -OCH3 is 2. The first-order valence-electron chi connectivity index (χ1n) is 8.49. The molecule has 2 rings (SSSR count). The molecular weight excluding hydrogens is 328 g/mol. The van der Waals surface area contributed by atoms with Crippen LogP contribution in [0, 0.1) is 0 Å². The lowest BCUT2D eigenvalue weighted by Gasteiger charge is -2.15. The predicted molar refractivity (Wildman–Crippen MR) is 107 cm³/mol. The van der Waals surface area contributed by atoms with Crippen LogP contribution in [-0.4, -0.2) is 41.3 Å². The zero-order valence-electron chi connectivity index (χ0n) is 16.2. The number of ether oxygens (including phenoxy) is 2. The van der Waals surface area contributed by atoms with E-state index in [0.717, 1.165) is 23.0 Å². The van der Waals surface area contributed by atoms with Crippen molar-refractivity contribution in [1.29, 1.82) is 0 Å². The van der Waals surface area contributed by atoms with Gasteiger partial charge in [-0.05, 0) is 29.8 Å². The van der Waals surface area contributed by atoms with Crippen LogP contribution in [0.2, 0.25) is 0 Å². The van der Waals surface area contributed by atoms with Gasteiger partial charge in [0.25, 0.3) is 0 Å². The minimum absolute atomic E-state index is 0.604. The van der Waals surface area contributed by atoms with Crippen LogP contribution in [0.5, 0.6) is 11.5 Å². The summed E-state index contributed by atoms with van der Waals surface area (Å²) in [7, 11) is 9.13. The van der Waals surface area contributed by atoms with Gasteiger partial charge in [0.2, 0.25) is 0 Å². The molecule has 0 aromatic heterocycles. The van der Waals surface area contributed by atoms with Crippen LogP contribution < -0.4 is 25.0 Å². The molecule has 0 saturated heterocycles. The second kappa shape index (κ2) is 9.56. The third-order valence-corrected chi connectivity index (χ3v) is 4.08. The molecule has 140 valence electrons. The molecule has 0 spiro atoms. The zero-order chi connectivity index (χ0) is 18.9. The number of benzene rings is 2. The fraction of sp³-hybridized carbons (Fsp3) is 0.350. The first-order valence-corrected chi connectivity index (χ1v) is 8.49. The van der Waals surface area contributed by atoms with Crippen molar-refractivity contribution in [2.24, 2.45) is 4.99 Å².